The normalized spacial score (nSPS) is 12.5. The second-order valence-corrected chi connectivity index (χ2v) is 4.47. The molecule has 0 aliphatic carbocycles. The van der Waals surface area contributed by atoms with Gasteiger partial charge in [0.25, 0.3) is 0 Å². The second kappa shape index (κ2) is 9.34. The summed E-state index contributed by atoms with van der Waals surface area (Å²) in [6, 6.07) is 0. The number of carbonyl (C=O) groups is 1. The van der Waals surface area contributed by atoms with Crippen LogP contribution in [0, 0.1) is 5.92 Å². The predicted molar refractivity (Wildman–Crippen MR) is 63.5 cm³/mol. The molecule has 0 rings (SSSR count). The van der Waals surface area contributed by atoms with Gasteiger partial charge in [0.1, 0.15) is 0 Å². The van der Waals surface area contributed by atoms with Gasteiger partial charge in [-0.05, 0) is 24.9 Å². The number of hydrogen-bond donors (Lipinski definition) is 2. The van der Waals surface area contributed by atoms with Gasteiger partial charge in [0.2, 0.25) is 5.91 Å². The molecule has 0 bridgehead atoms. The van der Waals surface area contributed by atoms with E-state index in [-0.39, 0.29) is 11.8 Å². The summed E-state index contributed by atoms with van der Waals surface area (Å²) in [5.74, 6) is 1.24. The second-order valence-electron chi connectivity index (χ2n) is 3.48. The Morgan fingerprint density at radius 3 is 2.71 bits per heavy atom. The number of nitrogens with one attached hydrogen (secondary N) is 1. The molecule has 0 aromatic heterocycles. The lowest BCUT2D eigenvalue weighted by Gasteiger charge is -2.09. The van der Waals surface area contributed by atoms with E-state index in [0.29, 0.717) is 6.54 Å². The van der Waals surface area contributed by atoms with Gasteiger partial charge in [-0.25, -0.2) is 0 Å². The highest BCUT2D eigenvalue weighted by molar-refractivity contribution is 7.98. The Morgan fingerprint density at radius 2 is 2.14 bits per heavy atom. The van der Waals surface area contributed by atoms with Gasteiger partial charge in [0.15, 0.2) is 0 Å². The molecular formula is C10H22N2OS. The Hall–Kier alpha value is -0.220. The van der Waals surface area contributed by atoms with E-state index in [1.165, 1.54) is 18.6 Å². The maximum atomic E-state index is 11.3. The number of unbranched alkanes of at least 4 members (excludes halogenated alkanes) is 2. The lowest BCUT2D eigenvalue weighted by molar-refractivity contribution is -0.124. The molecule has 0 aromatic rings. The highest BCUT2D eigenvalue weighted by Gasteiger charge is 2.08. The molecule has 3 nitrogen and oxygen atoms in total. The molecule has 1 amide bonds. The number of amides is 1. The monoisotopic (exact) mass is 218 g/mol. The SMILES string of the molecule is CSCCCCCNC(=O)C(C)CN. The van der Waals surface area contributed by atoms with E-state index in [9.17, 15) is 4.79 Å². The summed E-state index contributed by atoms with van der Waals surface area (Å²) in [5, 5.41) is 2.88. The van der Waals surface area contributed by atoms with Crippen LogP contribution in [0.4, 0.5) is 0 Å². The summed E-state index contributed by atoms with van der Waals surface area (Å²) in [6.07, 6.45) is 5.62. The maximum absolute atomic E-state index is 11.3. The maximum Gasteiger partial charge on any atom is 0.224 e. The number of carbonyl (C=O) groups excluding carboxylic acids is 1. The molecule has 4 heteroatoms. The Labute approximate surface area is 91.2 Å². The first-order valence-electron chi connectivity index (χ1n) is 5.19. The van der Waals surface area contributed by atoms with Gasteiger partial charge in [-0.2, -0.15) is 11.8 Å². The van der Waals surface area contributed by atoms with Gasteiger partial charge in [-0.15, -0.1) is 0 Å². The van der Waals surface area contributed by atoms with E-state index >= 15 is 0 Å². The molecule has 84 valence electrons. The Kier molecular flexibility index (Phi) is 9.19. The summed E-state index contributed by atoms with van der Waals surface area (Å²) < 4.78 is 0. The fraction of sp³-hybridized carbons (Fsp3) is 0.900. The zero-order valence-electron chi connectivity index (χ0n) is 9.21. The van der Waals surface area contributed by atoms with Crippen LogP contribution in [0.3, 0.4) is 0 Å². The van der Waals surface area contributed by atoms with Crippen molar-refractivity contribution in [2.24, 2.45) is 11.7 Å². The van der Waals surface area contributed by atoms with Crippen LogP contribution in [0.5, 0.6) is 0 Å². The Morgan fingerprint density at radius 1 is 1.43 bits per heavy atom. The van der Waals surface area contributed by atoms with Crippen molar-refractivity contribution in [3.63, 3.8) is 0 Å². The highest BCUT2D eigenvalue weighted by Crippen LogP contribution is 2.01. The van der Waals surface area contributed by atoms with Crippen molar-refractivity contribution in [1.82, 2.24) is 5.32 Å². The van der Waals surface area contributed by atoms with Crippen LogP contribution in [0.15, 0.2) is 0 Å². The van der Waals surface area contributed by atoms with Crippen LogP contribution in [-0.4, -0.2) is 31.0 Å². The van der Waals surface area contributed by atoms with Crippen LogP contribution in [0.2, 0.25) is 0 Å². The average molecular weight is 218 g/mol. The molecule has 0 aliphatic heterocycles. The van der Waals surface area contributed by atoms with Gasteiger partial charge in [0.05, 0.1) is 0 Å². The van der Waals surface area contributed by atoms with Crippen LogP contribution in [0.25, 0.3) is 0 Å². The van der Waals surface area contributed by atoms with E-state index in [2.05, 4.69) is 11.6 Å². The van der Waals surface area contributed by atoms with E-state index in [4.69, 9.17) is 5.73 Å². The average Bonchev–Trinajstić information content (AvgIpc) is 2.21. The summed E-state index contributed by atoms with van der Waals surface area (Å²) in [4.78, 5) is 11.3. The van der Waals surface area contributed by atoms with Crippen molar-refractivity contribution >= 4 is 17.7 Å². The van der Waals surface area contributed by atoms with Crippen molar-refractivity contribution in [1.29, 1.82) is 0 Å². The summed E-state index contributed by atoms with van der Waals surface area (Å²) in [5.41, 5.74) is 5.38. The zero-order valence-corrected chi connectivity index (χ0v) is 10.0. The third kappa shape index (κ3) is 7.21. The smallest absolute Gasteiger partial charge is 0.224 e. The molecule has 1 atom stereocenters. The van der Waals surface area contributed by atoms with E-state index in [1.807, 2.05) is 18.7 Å². The number of thioether (sulfide) groups is 1. The molecule has 1 unspecified atom stereocenters. The number of nitrogens with two attached hydrogens (primary N) is 1. The molecular weight excluding hydrogens is 196 g/mol. The molecule has 0 saturated carbocycles. The lowest BCUT2D eigenvalue weighted by Crippen LogP contribution is -2.33. The Bertz CT molecular complexity index is 153. The summed E-state index contributed by atoms with van der Waals surface area (Å²) in [6.45, 7) is 3.07. The van der Waals surface area contributed by atoms with Crippen LogP contribution in [-0.2, 0) is 4.79 Å². The van der Waals surface area contributed by atoms with Gasteiger partial charge >= 0.3 is 0 Å². The first-order valence-corrected chi connectivity index (χ1v) is 6.58. The lowest BCUT2D eigenvalue weighted by atomic mass is 10.1. The molecule has 0 fully saturated rings. The van der Waals surface area contributed by atoms with Gasteiger partial charge in [-0.1, -0.05) is 13.3 Å². The van der Waals surface area contributed by atoms with Crippen LogP contribution in [0.1, 0.15) is 26.2 Å². The molecule has 0 aromatic carbocycles. The summed E-state index contributed by atoms with van der Waals surface area (Å²) in [7, 11) is 0. The number of rotatable bonds is 8. The number of hydrogen-bond acceptors (Lipinski definition) is 3. The minimum Gasteiger partial charge on any atom is -0.356 e. The molecule has 0 aliphatic rings. The molecule has 0 saturated heterocycles. The molecule has 0 spiro atoms. The van der Waals surface area contributed by atoms with Gasteiger partial charge in [0, 0.05) is 19.0 Å². The minimum absolute atomic E-state index is 0.0544. The fourth-order valence-corrected chi connectivity index (χ4v) is 1.53. The molecule has 3 N–H and O–H groups in total. The van der Waals surface area contributed by atoms with E-state index in [1.54, 1.807) is 0 Å². The fourth-order valence-electron chi connectivity index (χ4n) is 1.04. The van der Waals surface area contributed by atoms with Crippen molar-refractivity contribution in [2.45, 2.75) is 26.2 Å². The van der Waals surface area contributed by atoms with Gasteiger partial charge < -0.3 is 11.1 Å². The molecule has 0 radical (unpaired) electrons. The molecule has 14 heavy (non-hydrogen) atoms. The van der Waals surface area contributed by atoms with Gasteiger partial charge in [-0.3, -0.25) is 4.79 Å². The predicted octanol–water partition coefficient (Wildman–Crippen LogP) is 1.23. The quantitative estimate of drug-likeness (QED) is 0.603. The van der Waals surface area contributed by atoms with Crippen molar-refractivity contribution in [3.05, 3.63) is 0 Å². The van der Waals surface area contributed by atoms with Crippen molar-refractivity contribution < 1.29 is 4.79 Å². The van der Waals surface area contributed by atoms with E-state index < -0.39 is 0 Å². The highest BCUT2D eigenvalue weighted by atomic mass is 32.2. The first kappa shape index (κ1) is 13.8. The molecule has 0 heterocycles. The third-order valence-electron chi connectivity index (χ3n) is 2.13. The van der Waals surface area contributed by atoms with Crippen molar-refractivity contribution in [2.75, 3.05) is 25.1 Å². The van der Waals surface area contributed by atoms with Crippen molar-refractivity contribution in [3.8, 4) is 0 Å². The van der Waals surface area contributed by atoms with E-state index in [0.717, 1.165) is 13.0 Å². The first-order chi connectivity index (χ1) is 6.72. The zero-order chi connectivity index (χ0) is 10.8. The standard InChI is InChI=1S/C10H22N2OS/c1-9(8-11)10(13)12-6-4-3-5-7-14-2/h9H,3-8,11H2,1-2H3,(H,12,13). The van der Waals surface area contributed by atoms with Crippen LogP contribution < -0.4 is 11.1 Å². The Balaban J connectivity index is 3.23. The summed E-state index contributed by atoms with van der Waals surface area (Å²) >= 11 is 1.87. The largest absolute Gasteiger partial charge is 0.356 e. The minimum atomic E-state index is -0.0544. The topological polar surface area (TPSA) is 55.1 Å². The third-order valence-corrected chi connectivity index (χ3v) is 2.82. The van der Waals surface area contributed by atoms with Crippen LogP contribution >= 0.6 is 11.8 Å².